The van der Waals surface area contributed by atoms with E-state index in [1.807, 2.05) is 29.2 Å². The highest BCUT2D eigenvalue weighted by Crippen LogP contribution is 2.34. The van der Waals surface area contributed by atoms with E-state index in [9.17, 15) is 13.2 Å². The number of carbonyl (C=O) groups is 1. The first-order valence-electron chi connectivity index (χ1n) is 9.55. The van der Waals surface area contributed by atoms with Gasteiger partial charge in [0.15, 0.2) is 0 Å². The minimum atomic E-state index is -3.59. The molecule has 2 fully saturated rings. The lowest BCUT2D eigenvalue weighted by atomic mass is 10.0. The Morgan fingerprint density at radius 1 is 1.11 bits per heavy atom. The van der Waals surface area contributed by atoms with Gasteiger partial charge in [0.25, 0.3) is 5.91 Å². The molecule has 1 atom stereocenters. The molecule has 1 N–H and O–H groups in total. The van der Waals surface area contributed by atoms with Gasteiger partial charge in [0, 0.05) is 18.2 Å². The van der Waals surface area contributed by atoms with Crippen LogP contribution in [0.3, 0.4) is 0 Å². The molecule has 28 heavy (non-hydrogen) atoms. The lowest BCUT2D eigenvalue weighted by Gasteiger charge is -2.25. The first kappa shape index (κ1) is 19.0. The van der Waals surface area contributed by atoms with Crippen LogP contribution in [0.2, 0.25) is 0 Å². The minimum absolute atomic E-state index is 0.0281. The van der Waals surface area contributed by atoms with E-state index in [0.717, 1.165) is 37.0 Å². The normalized spacial score (nSPS) is 19.6. The summed E-state index contributed by atoms with van der Waals surface area (Å²) in [7, 11) is -1.97. The largest absolute Gasteiger partial charge is 0.497 e. The molecule has 148 valence electrons. The predicted octanol–water partition coefficient (Wildman–Crippen LogP) is 3.11. The Hall–Kier alpha value is -2.38. The zero-order valence-electron chi connectivity index (χ0n) is 15.8. The van der Waals surface area contributed by atoms with Crippen molar-refractivity contribution in [2.45, 2.75) is 42.7 Å². The Balaban J connectivity index is 1.59. The quantitative estimate of drug-likeness (QED) is 0.808. The van der Waals surface area contributed by atoms with Crippen molar-refractivity contribution < 1.29 is 17.9 Å². The Morgan fingerprint density at radius 2 is 1.89 bits per heavy atom. The van der Waals surface area contributed by atoms with Crippen molar-refractivity contribution in [2.75, 3.05) is 13.7 Å². The second-order valence-electron chi connectivity index (χ2n) is 7.36. The van der Waals surface area contributed by atoms with Crippen molar-refractivity contribution in [3.8, 4) is 5.75 Å². The maximum absolute atomic E-state index is 13.2. The van der Waals surface area contributed by atoms with Gasteiger partial charge in [-0.2, -0.15) is 0 Å². The van der Waals surface area contributed by atoms with Gasteiger partial charge in [0.1, 0.15) is 5.75 Å². The average molecular weight is 401 g/mol. The van der Waals surface area contributed by atoms with Gasteiger partial charge in [-0.05, 0) is 61.6 Å². The van der Waals surface area contributed by atoms with Crippen molar-refractivity contribution in [2.24, 2.45) is 0 Å². The third-order valence-corrected chi connectivity index (χ3v) is 6.80. The number of rotatable bonds is 6. The summed E-state index contributed by atoms with van der Waals surface area (Å²) >= 11 is 0. The van der Waals surface area contributed by atoms with Crippen molar-refractivity contribution in [3.05, 3.63) is 59.7 Å². The number of hydrogen-bond donors (Lipinski definition) is 1. The molecule has 0 aromatic heterocycles. The van der Waals surface area contributed by atoms with Crippen LogP contribution in [-0.2, 0) is 10.0 Å². The lowest BCUT2D eigenvalue weighted by Crippen LogP contribution is -2.31. The molecule has 1 saturated carbocycles. The summed E-state index contributed by atoms with van der Waals surface area (Å²) < 4.78 is 32.9. The highest BCUT2D eigenvalue weighted by Gasteiger charge is 2.32. The van der Waals surface area contributed by atoms with Gasteiger partial charge in [0.05, 0.1) is 18.0 Å². The molecule has 1 aliphatic heterocycles. The van der Waals surface area contributed by atoms with Crippen molar-refractivity contribution in [1.29, 1.82) is 0 Å². The van der Waals surface area contributed by atoms with Crippen LogP contribution in [0.4, 0.5) is 0 Å². The van der Waals surface area contributed by atoms with E-state index in [2.05, 4.69) is 4.72 Å². The fraction of sp³-hybridized carbons (Fsp3) is 0.381. The van der Waals surface area contributed by atoms with E-state index < -0.39 is 10.0 Å². The van der Waals surface area contributed by atoms with Gasteiger partial charge in [0.2, 0.25) is 10.0 Å². The minimum Gasteiger partial charge on any atom is -0.497 e. The number of nitrogens with zero attached hydrogens (tertiary/aromatic N) is 1. The number of ether oxygens (including phenoxy) is 1. The Kier molecular flexibility index (Phi) is 5.12. The Bertz CT molecular complexity index is 985. The molecule has 0 bridgehead atoms. The number of amides is 1. The molecule has 0 radical (unpaired) electrons. The Labute approximate surface area is 165 Å². The van der Waals surface area contributed by atoms with E-state index in [1.54, 1.807) is 19.2 Å². The first-order chi connectivity index (χ1) is 13.5. The van der Waals surface area contributed by atoms with Crippen LogP contribution in [-0.4, -0.2) is 38.9 Å². The molecule has 6 nitrogen and oxygen atoms in total. The standard InChI is InChI=1S/C21H24N2O4S/c1-27-18-7-2-5-15(13-18)20-9-4-12-23(20)21(24)16-6-3-8-19(14-16)28(25,26)22-17-10-11-17/h2-3,5-8,13-14,17,20,22H,4,9-12H2,1H3. The van der Waals surface area contributed by atoms with Gasteiger partial charge >= 0.3 is 0 Å². The zero-order valence-corrected chi connectivity index (χ0v) is 16.6. The smallest absolute Gasteiger partial charge is 0.254 e. The average Bonchev–Trinajstić information content (AvgIpc) is 3.38. The third-order valence-electron chi connectivity index (χ3n) is 5.28. The summed E-state index contributed by atoms with van der Waals surface area (Å²) in [6, 6.07) is 14.1. The van der Waals surface area contributed by atoms with Crippen molar-refractivity contribution in [1.82, 2.24) is 9.62 Å². The molecule has 7 heteroatoms. The summed E-state index contributed by atoms with van der Waals surface area (Å²) in [4.78, 5) is 15.1. The summed E-state index contributed by atoms with van der Waals surface area (Å²) in [5, 5.41) is 0. The topological polar surface area (TPSA) is 75.7 Å². The van der Waals surface area contributed by atoms with Gasteiger partial charge in [-0.25, -0.2) is 13.1 Å². The zero-order chi connectivity index (χ0) is 19.7. The van der Waals surface area contributed by atoms with Crippen LogP contribution in [0.15, 0.2) is 53.4 Å². The van der Waals surface area contributed by atoms with E-state index in [1.165, 1.54) is 12.1 Å². The number of carbonyl (C=O) groups excluding carboxylic acids is 1. The van der Waals surface area contributed by atoms with Gasteiger partial charge in [-0.1, -0.05) is 18.2 Å². The van der Waals surface area contributed by atoms with E-state index >= 15 is 0 Å². The van der Waals surface area contributed by atoms with Crippen LogP contribution in [0.1, 0.15) is 47.6 Å². The van der Waals surface area contributed by atoms with Crippen LogP contribution in [0.5, 0.6) is 5.75 Å². The van der Waals surface area contributed by atoms with Gasteiger partial charge in [-0.15, -0.1) is 0 Å². The van der Waals surface area contributed by atoms with E-state index in [4.69, 9.17) is 4.74 Å². The molecule has 2 aromatic rings. The van der Waals surface area contributed by atoms with E-state index in [-0.39, 0.29) is 22.9 Å². The monoisotopic (exact) mass is 400 g/mol. The number of likely N-dealkylation sites (tertiary alicyclic amines) is 1. The molecule has 2 aromatic carbocycles. The second kappa shape index (κ2) is 7.56. The molecular formula is C21H24N2O4S. The van der Waals surface area contributed by atoms with Crippen molar-refractivity contribution in [3.63, 3.8) is 0 Å². The number of benzene rings is 2. The highest BCUT2D eigenvalue weighted by molar-refractivity contribution is 7.89. The molecule has 4 rings (SSSR count). The number of methoxy groups -OCH3 is 1. The first-order valence-corrected chi connectivity index (χ1v) is 11.0. The predicted molar refractivity (Wildman–Crippen MR) is 106 cm³/mol. The van der Waals surface area contributed by atoms with Crippen LogP contribution >= 0.6 is 0 Å². The lowest BCUT2D eigenvalue weighted by molar-refractivity contribution is 0.0735. The highest BCUT2D eigenvalue weighted by atomic mass is 32.2. The summed E-state index contributed by atoms with van der Waals surface area (Å²) in [5.41, 5.74) is 1.43. The fourth-order valence-corrected chi connectivity index (χ4v) is 5.01. The number of hydrogen-bond acceptors (Lipinski definition) is 4. The van der Waals surface area contributed by atoms with Gasteiger partial charge < -0.3 is 9.64 Å². The molecule has 1 unspecified atom stereocenters. The molecular weight excluding hydrogens is 376 g/mol. The maximum atomic E-state index is 13.2. The Morgan fingerprint density at radius 3 is 2.64 bits per heavy atom. The molecule has 1 aliphatic carbocycles. The SMILES string of the molecule is COc1cccc(C2CCCN2C(=O)c2cccc(S(=O)(=O)NC3CC3)c2)c1. The summed E-state index contributed by atoms with van der Waals surface area (Å²) in [5.74, 6) is 0.616. The summed E-state index contributed by atoms with van der Waals surface area (Å²) in [6.45, 7) is 0.651. The molecule has 1 heterocycles. The maximum Gasteiger partial charge on any atom is 0.254 e. The molecule has 1 saturated heterocycles. The third kappa shape index (κ3) is 3.91. The number of sulfonamides is 1. The molecule has 2 aliphatic rings. The van der Waals surface area contributed by atoms with Crippen LogP contribution in [0, 0.1) is 0 Å². The van der Waals surface area contributed by atoms with Gasteiger partial charge in [-0.3, -0.25) is 4.79 Å². The van der Waals surface area contributed by atoms with Crippen LogP contribution in [0.25, 0.3) is 0 Å². The second-order valence-corrected chi connectivity index (χ2v) is 9.07. The fourth-order valence-electron chi connectivity index (χ4n) is 3.66. The molecule has 0 spiro atoms. The van der Waals surface area contributed by atoms with Crippen LogP contribution < -0.4 is 9.46 Å². The van der Waals surface area contributed by atoms with E-state index in [0.29, 0.717) is 12.1 Å². The summed E-state index contributed by atoms with van der Waals surface area (Å²) in [6.07, 6.45) is 3.52. The van der Waals surface area contributed by atoms with Crippen molar-refractivity contribution >= 4 is 15.9 Å². The number of nitrogens with one attached hydrogen (secondary N) is 1. The molecule has 1 amide bonds.